The number of nitrogens with zero attached hydrogens (tertiary/aromatic N) is 3. The average Bonchev–Trinajstić information content (AvgIpc) is 3.66. The van der Waals surface area contributed by atoms with Crippen LogP contribution in [0.2, 0.25) is 0 Å². The third kappa shape index (κ3) is 6.86. The molecule has 1 aliphatic rings. The van der Waals surface area contributed by atoms with E-state index in [1.807, 2.05) is 61.5 Å². The molecule has 1 unspecified atom stereocenters. The molecule has 1 aromatic heterocycles. The minimum atomic E-state index is -1.06. The van der Waals surface area contributed by atoms with Crippen LogP contribution >= 0.6 is 23.1 Å². The van der Waals surface area contributed by atoms with Crippen LogP contribution in [0.15, 0.2) is 107 Å². The van der Waals surface area contributed by atoms with E-state index in [0.29, 0.717) is 33.6 Å². The van der Waals surface area contributed by atoms with Crippen LogP contribution in [0.25, 0.3) is 5.76 Å². The largest absolute Gasteiger partial charge is 0.507 e. The highest BCUT2D eigenvalue weighted by Gasteiger charge is 2.48. The lowest BCUT2D eigenvalue weighted by atomic mass is 9.95. The second-order valence-corrected chi connectivity index (χ2v) is 12.9. The number of ketones is 1. The molecular formula is C36H31N3O6S2. The number of anilines is 1. The van der Waals surface area contributed by atoms with Gasteiger partial charge in [-0.15, -0.1) is 10.2 Å². The maximum atomic E-state index is 13.7. The Labute approximate surface area is 280 Å². The van der Waals surface area contributed by atoms with Crippen LogP contribution in [-0.4, -0.2) is 38.7 Å². The molecule has 9 nitrogen and oxygen atoms in total. The molecule has 1 aliphatic heterocycles. The summed E-state index contributed by atoms with van der Waals surface area (Å²) in [6.45, 7) is 4.46. The first-order valence-corrected chi connectivity index (χ1v) is 16.7. The van der Waals surface area contributed by atoms with Crippen molar-refractivity contribution in [2.75, 3.05) is 11.5 Å². The van der Waals surface area contributed by atoms with Crippen molar-refractivity contribution in [2.45, 2.75) is 36.6 Å². The smallest absolute Gasteiger partial charge is 0.301 e. The number of aromatic hydroxyl groups is 1. The van der Waals surface area contributed by atoms with Crippen LogP contribution in [0.5, 0.6) is 17.2 Å². The van der Waals surface area contributed by atoms with Crippen LogP contribution in [0.3, 0.4) is 0 Å². The highest BCUT2D eigenvalue weighted by molar-refractivity contribution is 8.00. The van der Waals surface area contributed by atoms with Gasteiger partial charge in [0.05, 0.1) is 18.2 Å². The maximum absolute atomic E-state index is 13.7. The Bertz CT molecular complexity index is 1940. The fourth-order valence-electron chi connectivity index (χ4n) is 5.19. The number of hydrogen-bond donors (Lipinski definition) is 2. The van der Waals surface area contributed by atoms with Gasteiger partial charge < -0.3 is 19.7 Å². The van der Waals surface area contributed by atoms with E-state index in [2.05, 4.69) is 10.2 Å². The van der Waals surface area contributed by atoms with E-state index in [1.54, 1.807) is 43.3 Å². The zero-order chi connectivity index (χ0) is 32.9. The summed E-state index contributed by atoms with van der Waals surface area (Å²) in [4.78, 5) is 28.6. The number of ether oxygens (including phenoxy) is 2. The standard InChI is InChI=1S/C36H31N3O6S2/c1-3-44-29-19-25(15-18-28(29)40)31-30(32(41)24-13-16-27(17-14-24)45-20-26-12-8-7-9-22(26)2)33(42)34(43)39(31)35-37-38-36(47-35)46-21-23-10-5-4-6-11-23/h4-19,31,40-41H,3,20-21H2,1-2H3/b32-30+. The van der Waals surface area contributed by atoms with Gasteiger partial charge in [-0.05, 0) is 72.5 Å². The number of benzene rings is 4. The summed E-state index contributed by atoms with van der Waals surface area (Å²) in [7, 11) is 0. The van der Waals surface area contributed by atoms with Gasteiger partial charge in [-0.1, -0.05) is 83.8 Å². The van der Waals surface area contributed by atoms with E-state index in [9.17, 15) is 19.8 Å². The maximum Gasteiger partial charge on any atom is 0.301 e. The van der Waals surface area contributed by atoms with Gasteiger partial charge in [0.1, 0.15) is 18.1 Å². The molecule has 2 N–H and O–H groups in total. The van der Waals surface area contributed by atoms with Crippen molar-refractivity contribution in [1.29, 1.82) is 0 Å². The highest BCUT2D eigenvalue weighted by Crippen LogP contribution is 2.45. The van der Waals surface area contributed by atoms with E-state index in [0.717, 1.165) is 16.7 Å². The summed E-state index contributed by atoms with van der Waals surface area (Å²) in [6.07, 6.45) is 0. The summed E-state index contributed by atoms with van der Waals surface area (Å²) in [5, 5.41) is 30.8. The third-order valence-electron chi connectivity index (χ3n) is 7.63. The zero-order valence-corrected chi connectivity index (χ0v) is 27.3. The fourth-order valence-corrected chi connectivity index (χ4v) is 7.02. The molecule has 6 rings (SSSR count). The first-order chi connectivity index (χ1) is 22.8. The number of aryl methyl sites for hydroxylation is 1. The number of Topliss-reactive ketones (excluding diaryl/α,β-unsaturated/α-hetero) is 1. The van der Waals surface area contributed by atoms with Gasteiger partial charge in [0.15, 0.2) is 15.8 Å². The lowest BCUT2D eigenvalue weighted by molar-refractivity contribution is -0.132. The Morgan fingerprint density at radius 3 is 2.43 bits per heavy atom. The summed E-state index contributed by atoms with van der Waals surface area (Å²) in [5.74, 6) is -0.750. The number of phenolic OH excluding ortho intramolecular Hbond substituents is 1. The summed E-state index contributed by atoms with van der Waals surface area (Å²) in [5.41, 5.74) is 3.93. The van der Waals surface area contributed by atoms with Gasteiger partial charge in [-0.25, -0.2) is 0 Å². The summed E-state index contributed by atoms with van der Waals surface area (Å²) < 4.78 is 12.2. The predicted octanol–water partition coefficient (Wildman–Crippen LogP) is 7.45. The van der Waals surface area contributed by atoms with Crippen LogP contribution in [0.4, 0.5) is 5.13 Å². The van der Waals surface area contributed by atoms with Crippen molar-refractivity contribution in [1.82, 2.24) is 10.2 Å². The molecule has 0 spiro atoms. The Morgan fingerprint density at radius 2 is 1.68 bits per heavy atom. The third-order valence-corrected chi connectivity index (χ3v) is 9.76. The van der Waals surface area contributed by atoms with Gasteiger partial charge in [0, 0.05) is 11.3 Å². The van der Waals surface area contributed by atoms with Crippen LogP contribution in [0, 0.1) is 6.92 Å². The molecule has 1 saturated heterocycles. The van der Waals surface area contributed by atoms with Gasteiger partial charge in [-0.3, -0.25) is 14.5 Å². The first-order valence-electron chi connectivity index (χ1n) is 14.9. The monoisotopic (exact) mass is 665 g/mol. The van der Waals surface area contributed by atoms with Crippen molar-refractivity contribution in [2.24, 2.45) is 0 Å². The number of aliphatic hydroxyl groups excluding tert-OH is 1. The summed E-state index contributed by atoms with van der Waals surface area (Å²) in [6, 6.07) is 28.0. The number of carbonyl (C=O) groups is 2. The van der Waals surface area contributed by atoms with Gasteiger partial charge >= 0.3 is 5.91 Å². The minimum Gasteiger partial charge on any atom is -0.507 e. The fraction of sp³-hybridized carbons (Fsp3) is 0.167. The normalized spacial score (nSPS) is 15.6. The van der Waals surface area contributed by atoms with Crippen LogP contribution in [-0.2, 0) is 21.9 Å². The molecule has 4 aromatic carbocycles. The first kappa shape index (κ1) is 31.8. The highest BCUT2D eigenvalue weighted by atomic mass is 32.2. The van der Waals surface area contributed by atoms with Crippen molar-refractivity contribution >= 4 is 45.7 Å². The minimum absolute atomic E-state index is 0.0932. The van der Waals surface area contributed by atoms with Crippen LogP contribution < -0.4 is 14.4 Å². The Hall–Kier alpha value is -5.13. The van der Waals surface area contributed by atoms with Crippen LogP contribution in [0.1, 0.15) is 40.8 Å². The molecule has 5 aromatic rings. The molecule has 2 heterocycles. The van der Waals surface area contributed by atoms with E-state index in [1.165, 1.54) is 34.1 Å². The molecule has 238 valence electrons. The Balaban J connectivity index is 1.34. The number of rotatable bonds is 11. The number of carbonyl (C=O) groups excluding carboxylic acids is 2. The lowest BCUT2D eigenvalue weighted by Gasteiger charge is -2.23. The second-order valence-electron chi connectivity index (χ2n) is 10.7. The molecule has 0 radical (unpaired) electrons. The van der Waals surface area contributed by atoms with Crippen molar-refractivity contribution in [3.05, 3.63) is 130 Å². The SMILES string of the molecule is CCOc1cc(C2/C(=C(\O)c3ccc(OCc4ccccc4C)cc3)C(=O)C(=O)N2c2nnc(SCc3ccccc3)s2)ccc1O. The van der Waals surface area contributed by atoms with Crippen molar-refractivity contribution in [3.63, 3.8) is 0 Å². The van der Waals surface area contributed by atoms with E-state index >= 15 is 0 Å². The predicted molar refractivity (Wildman–Crippen MR) is 182 cm³/mol. The van der Waals surface area contributed by atoms with Gasteiger partial charge in [0.2, 0.25) is 5.13 Å². The molecule has 47 heavy (non-hydrogen) atoms. The van der Waals surface area contributed by atoms with Gasteiger partial charge in [-0.2, -0.15) is 0 Å². The topological polar surface area (TPSA) is 122 Å². The number of aliphatic hydroxyl groups is 1. The Morgan fingerprint density at radius 1 is 0.936 bits per heavy atom. The number of hydrogen-bond acceptors (Lipinski definition) is 10. The summed E-state index contributed by atoms with van der Waals surface area (Å²) >= 11 is 2.65. The molecule has 11 heteroatoms. The number of thioether (sulfide) groups is 1. The van der Waals surface area contributed by atoms with Crippen molar-refractivity contribution in [3.8, 4) is 17.2 Å². The quantitative estimate of drug-likeness (QED) is 0.0487. The lowest BCUT2D eigenvalue weighted by Crippen LogP contribution is -2.29. The molecule has 0 bridgehead atoms. The molecular weight excluding hydrogens is 635 g/mol. The average molecular weight is 666 g/mol. The molecule has 0 aliphatic carbocycles. The van der Waals surface area contributed by atoms with E-state index < -0.39 is 17.7 Å². The van der Waals surface area contributed by atoms with Gasteiger partial charge in [0.25, 0.3) is 5.78 Å². The zero-order valence-electron chi connectivity index (χ0n) is 25.6. The Kier molecular flexibility index (Phi) is 9.55. The van der Waals surface area contributed by atoms with Crippen molar-refractivity contribution < 1.29 is 29.3 Å². The molecule has 1 amide bonds. The van der Waals surface area contributed by atoms with E-state index in [-0.39, 0.29) is 34.6 Å². The molecule has 0 saturated carbocycles. The number of phenols is 1. The van der Waals surface area contributed by atoms with E-state index in [4.69, 9.17) is 9.47 Å². The molecule has 1 fully saturated rings. The number of amides is 1. The number of aromatic nitrogens is 2. The second kappa shape index (κ2) is 14.1. The molecule has 1 atom stereocenters.